The molecule has 0 spiro atoms. The van der Waals surface area contributed by atoms with E-state index in [0.29, 0.717) is 12.5 Å². The van der Waals surface area contributed by atoms with E-state index in [9.17, 15) is 4.79 Å². The topological polar surface area (TPSA) is 26.3 Å². The van der Waals surface area contributed by atoms with Crippen molar-refractivity contribution in [1.82, 2.24) is 0 Å². The molecule has 0 aromatic heterocycles. The van der Waals surface area contributed by atoms with Crippen LogP contribution in [0.5, 0.6) is 0 Å². The van der Waals surface area contributed by atoms with Gasteiger partial charge in [-0.1, -0.05) is 23.7 Å². The van der Waals surface area contributed by atoms with Gasteiger partial charge in [0.1, 0.15) is 0 Å². The Morgan fingerprint density at radius 2 is 2.12 bits per heavy atom. The van der Waals surface area contributed by atoms with Crippen LogP contribution in [-0.2, 0) is 16.0 Å². The van der Waals surface area contributed by atoms with E-state index in [1.807, 2.05) is 31.2 Å². The molecule has 2 rings (SSSR count). The Kier molecular flexibility index (Phi) is 4.06. The summed E-state index contributed by atoms with van der Waals surface area (Å²) in [5.74, 6) is 0.653. The molecule has 1 fully saturated rings. The number of halogens is 1. The summed E-state index contributed by atoms with van der Waals surface area (Å²) in [5.41, 5.74) is 1.28. The van der Waals surface area contributed by atoms with Crippen LogP contribution in [0.25, 0.3) is 0 Å². The second kappa shape index (κ2) is 5.54. The molecule has 1 aliphatic rings. The quantitative estimate of drug-likeness (QED) is 0.750. The average Bonchev–Trinajstić information content (AvgIpc) is 3.08. The zero-order valence-electron chi connectivity index (χ0n) is 9.99. The molecule has 0 saturated heterocycles. The normalized spacial score (nSPS) is 22.2. The van der Waals surface area contributed by atoms with Crippen LogP contribution < -0.4 is 0 Å². The van der Waals surface area contributed by atoms with E-state index in [0.717, 1.165) is 24.3 Å². The van der Waals surface area contributed by atoms with Crippen molar-refractivity contribution < 1.29 is 9.53 Å². The monoisotopic (exact) mass is 252 g/mol. The van der Waals surface area contributed by atoms with Gasteiger partial charge in [-0.15, -0.1) is 0 Å². The molecular weight excluding hydrogens is 236 g/mol. The first kappa shape index (κ1) is 12.4. The Hall–Kier alpha value is -1.02. The summed E-state index contributed by atoms with van der Waals surface area (Å²) in [6.07, 6.45) is 3.06. The van der Waals surface area contributed by atoms with Crippen molar-refractivity contribution in [3.8, 4) is 0 Å². The lowest BCUT2D eigenvalue weighted by atomic mass is 10.1. The number of rotatable bonds is 5. The minimum absolute atomic E-state index is 0.0198. The Balaban J connectivity index is 1.74. The molecule has 1 aliphatic carbocycles. The highest BCUT2D eigenvalue weighted by Gasteiger charge is 2.43. The third kappa shape index (κ3) is 3.47. The SMILES string of the molecule is CCOC(=O)C1CC1CCc1ccc(Cl)cc1. The van der Waals surface area contributed by atoms with Gasteiger partial charge in [-0.3, -0.25) is 4.79 Å². The van der Waals surface area contributed by atoms with Gasteiger partial charge in [-0.05, 0) is 49.8 Å². The van der Waals surface area contributed by atoms with Gasteiger partial charge in [0.25, 0.3) is 0 Å². The van der Waals surface area contributed by atoms with Crippen molar-refractivity contribution in [2.75, 3.05) is 6.61 Å². The fourth-order valence-electron chi connectivity index (χ4n) is 2.11. The number of carbonyl (C=O) groups is 1. The van der Waals surface area contributed by atoms with E-state index < -0.39 is 0 Å². The highest BCUT2D eigenvalue weighted by atomic mass is 35.5. The van der Waals surface area contributed by atoms with Gasteiger partial charge >= 0.3 is 5.97 Å². The summed E-state index contributed by atoms with van der Waals surface area (Å²) in [4.78, 5) is 11.4. The second-order valence-electron chi connectivity index (χ2n) is 4.52. The van der Waals surface area contributed by atoms with Gasteiger partial charge in [-0.25, -0.2) is 0 Å². The first-order valence-corrected chi connectivity index (χ1v) is 6.49. The molecule has 0 amide bonds. The molecule has 17 heavy (non-hydrogen) atoms. The largest absolute Gasteiger partial charge is 0.466 e. The van der Waals surface area contributed by atoms with Gasteiger partial charge in [0, 0.05) is 5.02 Å². The van der Waals surface area contributed by atoms with Gasteiger partial charge in [0.2, 0.25) is 0 Å². The lowest BCUT2D eigenvalue weighted by Gasteiger charge is -2.02. The fraction of sp³-hybridized carbons (Fsp3) is 0.500. The van der Waals surface area contributed by atoms with Crippen LogP contribution in [0.15, 0.2) is 24.3 Å². The van der Waals surface area contributed by atoms with E-state index in [-0.39, 0.29) is 11.9 Å². The molecule has 0 aliphatic heterocycles. The molecular formula is C14H17ClO2. The number of hydrogen-bond donors (Lipinski definition) is 0. The Labute approximate surface area is 107 Å². The molecule has 0 bridgehead atoms. The second-order valence-corrected chi connectivity index (χ2v) is 4.96. The molecule has 1 aromatic carbocycles. The number of aryl methyl sites for hydroxylation is 1. The van der Waals surface area contributed by atoms with Crippen LogP contribution in [0.2, 0.25) is 5.02 Å². The van der Waals surface area contributed by atoms with Crippen molar-refractivity contribution in [3.05, 3.63) is 34.9 Å². The summed E-state index contributed by atoms with van der Waals surface area (Å²) in [6.45, 7) is 2.34. The van der Waals surface area contributed by atoms with Crippen molar-refractivity contribution in [2.45, 2.75) is 26.2 Å². The summed E-state index contributed by atoms with van der Waals surface area (Å²) >= 11 is 5.83. The van der Waals surface area contributed by atoms with Crippen LogP contribution in [0.4, 0.5) is 0 Å². The van der Waals surface area contributed by atoms with Crippen LogP contribution >= 0.6 is 11.6 Å². The Morgan fingerprint density at radius 1 is 1.41 bits per heavy atom. The smallest absolute Gasteiger partial charge is 0.309 e. The molecule has 92 valence electrons. The zero-order valence-corrected chi connectivity index (χ0v) is 10.7. The highest BCUT2D eigenvalue weighted by Crippen LogP contribution is 2.42. The van der Waals surface area contributed by atoms with Gasteiger partial charge in [0.15, 0.2) is 0 Å². The highest BCUT2D eigenvalue weighted by molar-refractivity contribution is 6.30. The maximum Gasteiger partial charge on any atom is 0.309 e. The first-order valence-electron chi connectivity index (χ1n) is 6.11. The molecule has 2 atom stereocenters. The number of benzene rings is 1. The van der Waals surface area contributed by atoms with Gasteiger partial charge in [0.05, 0.1) is 12.5 Å². The lowest BCUT2D eigenvalue weighted by Crippen LogP contribution is -2.07. The van der Waals surface area contributed by atoms with Crippen LogP contribution in [0.1, 0.15) is 25.3 Å². The molecule has 3 heteroatoms. The van der Waals surface area contributed by atoms with Crippen molar-refractivity contribution in [2.24, 2.45) is 11.8 Å². The minimum atomic E-state index is -0.0198. The fourth-order valence-corrected chi connectivity index (χ4v) is 2.23. The predicted octanol–water partition coefficient (Wildman–Crippen LogP) is 3.47. The van der Waals surface area contributed by atoms with Crippen molar-refractivity contribution in [1.29, 1.82) is 0 Å². The van der Waals surface area contributed by atoms with E-state index in [1.54, 1.807) is 0 Å². The Bertz CT molecular complexity index is 386. The van der Waals surface area contributed by atoms with E-state index in [2.05, 4.69) is 0 Å². The summed E-state index contributed by atoms with van der Waals surface area (Å²) in [7, 11) is 0. The van der Waals surface area contributed by atoms with Crippen LogP contribution in [-0.4, -0.2) is 12.6 Å². The predicted molar refractivity (Wildman–Crippen MR) is 68.0 cm³/mol. The summed E-state index contributed by atoms with van der Waals surface area (Å²) < 4.78 is 5.01. The lowest BCUT2D eigenvalue weighted by molar-refractivity contribution is -0.145. The molecule has 1 saturated carbocycles. The van der Waals surface area contributed by atoms with Gasteiger partial charge in [-0.2, -0.15) is 0 Å². The third-order valence-corrected chi connectivity index (χ3v) is 3.48. The van der Waals surface area contributed by atoms with Crippen molar-refractivity contribution >= 4 is 17.6 Å². The molecule has 0 heterocycles. The average molecular weight is 253 g/mol. The molecule has 0 radical (unpaired) electrons. The summed E-state index contributed by atoms with van der Waals surface area (Å²) in [5, 5.41) is 0.768. The maximum absolute atomic E-state index is 11.4. The van der Waals surface area contributed by atoms with Gasteiger partial charge < -0.3 is 4.74 Å². The Morgan fingerprint density at radius 3 is 2.76 bits per heavy atom. The van der Waals surface area contributed by atoms with Crippen LogP contribution in [0.3, 0.4) is 0 Å². The molecule has 1 aromatic rings. The molecule has 2 unspecified atom stereocenters. The standard InChI is InChI=1S/C14H17ClO2/c1-2-17-14(16)13-9-11(13)6-3-10-4-7-12(15)8-5-10/h4-5,7-8,11,13H,2-3,6,9H2,1H3. The third-order valence-electron chi connectivity index (χ3n) is 3.23. The number of esters is 1. The zero-order chi connectivity index (χ0) is 12.3. The maximum atomic E-state index is 11.4. The minimum Gasteiger partial charge on any atom is -0.466 e. The van der Waals surface area contributed by atoms with Crippen molar-refractivity contribution in [3.63, 3.8) is 0 Å². The van der Waals surface area contributed by atoms with E-state index in [4.69, 9.17) is 16.3 Å². The number of carbonyl (C=O) groups excluding carboxylic acids is 1. The van der Waals surface area contributed by atoms with E-state index in [1.165, 1.54) is 5.56 Å². The number of ether oxygens (including phenoxy) is 1. The molecule has 2 nitrogen and oxygen atoms in total. The van der Waals surface area contributed by atoms with E-state index >= 15 is 0 Å². The summed E-state index contributed by atoms with van der Waals surface area (Å²) in [6, 6.07) is 7.91. The van der Waals surface area contributed by atoms with Crippen LogP contribution in [0, 0.1) is 11.8 Å². The molecule has 0 N–H and O–H groups in total. The number of hydrogen-bond acceptors (Lipinski definition) is 2. The first-order chi connectivity index (χ1) is 8.20.